The highest BCUT2D eigenvalue weighted by molar-refractivity contribution is 5.88. The minimum Gasteiger partial charge on any atom is -0.508 e. The third kappa shape index (κ3) is 5.13. The molecule has 5 rings (SSSR count). The summed E-state index contributed by atoms with van der Waals surface area (Å²) in [7, 11) is 0. The van der Waals surface area contributed by atoms with E-state index >= 15 is 0 Å². The van der Waals surface area contributed by atoms with E-state index in [0.717, 1.165) is 0 Å². The normalized spacial score (nSPS) is 34.5. The van der Waals surface area contributed by atoms with Gasteiger partial charge in [0.05, 0.1) is 17.8 Å². The van der Waals surface area contributed by atoms with Crippen LogP contribution in [0.4, 0.5) is 0 Å². The molecule has 2 aromatic carbocycles. The number of rotatable bonds is 5. The molecule has 0 aliphatic carbocycles. The molecule has 3 aromatic rings. The van der Waals surface area contributed by atoms with Crippen molar-refractivity contribution in [3.63, 3.8) is 0 Å². The molecule has 10 atom stereocenters. The van der Waals surface area contributed by atoms with E-state index in [0.29, 0.717) is 5.56 Å². The highest BCUT2D eigenvalue weighted by atomic mass is 16.7. The van der Waals surface area contributed by atoms with Crippen molar-refractivity contribution in [2.75, 3.05) is 0 Å². The molecule has 2 aliphatic rings. The molecule has 7 N–H and O–H groups in total. The largest absolute Gasteiger partial charge is 0.508 e. The summed E-state index contributed by atoms with van der Waals surface area (Å²) < 4.78 is 28.4. The Bertz CT molecular complexity index is 1410. The minimum absolute atomic E-state index is 0.00267. The Balaban J connectivity index is 1.58. The molecule has 2 aliphatic heterocycles. The Morgan fingerprint density at radius 2 is 1.27 bits per heavy atom. The zero-order valence-electron chi connectivity index (χ0n) is 21.4. The number of aliphatic hydroxyl groups excluding tert-OH is 6. The van der Waals surface area contributed by atoms with Crippen LogP contribution in [0.2, 0.25) is 0 Å². The molecule has 0 bridgehead atoms. The minimum atomic E-state index is -1.70. The molecule has 0 radical (unpaired) electrons. The molecule has 4 unspecified atom stereocenters. The summed E-state index contributed by atoms with van der Waals surface area (Å²) in [5.74, 6) is -0.237. The van der Waals surface area contributed by atoms with Crippen molar-refractivity contribution >= 4 is 11.0 Å². The zero-order valence-corrected chi connectivity index (χ0v) is 21.4. The first-order chi connectivity index (χ1) is 19.0. The van der Waals surface area contributed by atoms with Gasteiger partial charge >= 0.3 is 0 Å². The van der Waals surface area contributed by atoms with Gasteiger partial charge in [-0.15, -0.1) is 0 Å². The van der Waals surface area contributed by atoms with Crippen molar-refractivity contribution in [2.24, 2.45) is 0 Å². The van der Waals surface area contributed by atoms with Crippen LogP contribution in [0.25, 0.3) is 22.1 Å². The fourth-order valence-corrected chi connectivity index (χ4v) is 4.68. The van der Waals surface area contributed by atoms with E-state index in [1.807, 2.05) is 0 Å². The summed E-state index contributed by atoms with van der Waals surface area (Å²) in [4.78, 5) is 13.7. The topological polar surface area (TPSA) is 209 Å². The van der Waals surface area contributed by atoms with Crippen LogP contribution in [0.15, 0.2) is 51.9 Å². The van der Waals surface area contributed by atoms with Gasteiger partial charge < -0.3 is 59.1 Å². The number of aromatic hydroxyl groups is 1. The molecule has 1 aromatic heterocycles. The first-order valence-electron chi connectivity index (χ1n) is 12.6. The first kappa shape index (κ1) is 28.3. The maximum absolute atomic E-state index is 13.7. The Labute approximate surface area is 227 Å². The van der Waals surface area contributed by atoms with Gasteiger partial charge in [-0.05, 0) is 31.5 Å². The van der Waals surface area contributed by atoms with E-state index in [2.05, 4.69) is 0 Å². The second kappa shape index (κ2) is 11.0. The first-order valence-corrected chi connectivity index (χ1v) is 12.6. The molecule has 2 fully saturated rings. The Hall–Kier alpha value is -3.27. The lowest BCUT2D eigenvalue weighted by molar-refractivity contribution is -0.269. The predicted octanol–water partition coefficient (Wildman–Crippen LogP) is -0.422. The SMILES string of the molecule is CC1O[C@@H](Oc2cc(O[C@@H]3OC(C)[C@H](O)C(O)[C@@H]3O)c3c(=O)c(-c4ccc(O)cc4)coc3c2)[C@@H](O)C(O)[C@H]1O. The Morgan fingerprint density at radius 1 is 0.725 bits per heavy atom. The second-order valence-corrected chi connectivity index (χ2v) is 9.92. The molecule has 0 amide bonds. The standard InChI is InChI=1S/C27H30O13/c1-10-19(29)22(32)24(34)26(37-10)39-14-7-16-18(21(31)15(9-36-16)12-3-5-13(28)6-4-12)17(8-14)40-27-25(35)23(33)20(30)11(2)38-27/h3-11,19-20,22-30,32-35H,1-2H3/t10?,11?,19-,20-,22?,23?,24-,25-,26-,27-/m0/s1. The maximum atomic E-state index is 13.7. The fourth-order valence-electron chi connectivity index (χ4n) is 4.68. The van der Waals surface area contributed by atoms with Crippen LogP contribution in [0, 0.1) is 0 Å². The van der Waals surface area contributed by atoms with E-state index in [4.69, 9.17) is 23.4 Å². The van der Waals surface area contributed by atoms with Crippen LogP contribution in [-0.4, -0.2) is 97.2 Å². The fraction of sp³-hybridized carbons (Fsp3) is 0.444. The second-order valence-electron chi connectivity index (χ2n) is 9.92. The van der Waals surface area contributed by atoms with Crippen molar-refractivity contribution in [1.29, 1.82) is 0 Å². The molecule has 13 heteroatoms. The van der Waals surface area contributed by atoms with E-state index < -0.39 is 66.8 Å². The van der Waals surface area contributed by atoms with Crippen molar-refractivity contribution in [3.05, 3.63) is 52.9 Å². The van der Waals surface area contributed by atoms with Gasteiger partial charge in [-0.1, -0.05) is 12.1 Å². The summed E-state index contributed by atoms with van der Waals surface area (Å²) in [5.41, 5.74) is -0.0236. The number of phenolic OH excluding ortho intramolecular Hbond substituents is 1. The lowest BCUT2D eigenvalue weighted by Crippen LogP contribution is -2.58. The molecular weight excluding hydrogens is 532 g/mol. The van der Waals surface area contributed by atoms with Gasteiger partial charge in [0.1, 0.15) is 71.1 Å². The third-order valence-electron chi connectivity index (χ3n) is 7.11. The molecule has 40 heavy (non-hydrogen) atoms. The number of fused-ring (bicyclic) bond motifs is 1. The number of hydrogen-bond donors (Lipinski definition) is 7. The van der Waals surface area contributed by atoms with E-state index in [1.54, 1.807) is 0 Å². The third-order valence-corrected chi connectivity index (χ3v) is 7.11. The smallest absolute Gasteiger partial charge is 0.229 e. The monoisotopic (exact) mass is 562 g/mol. The average Bonchev–Trinajstić information content (AvgIpc) is 2.93. The number of benzene rings is 2. The summed E-state index contributed by atoms with van der Waals surface area (Å²) in [5, 5.41) is 70.8. The lowest BCUT2D eigenvalue weighted by Gasteiger charge is -2.39. The number of phenols is 1. The van der Waals surface area contributed by atoms with E-state index in [-0.39, 0.29) is 33.8 Å². The van der Waals surface area contributed by atoms with Crippen LogP contribution >= 0.6 is 0 Å². The Kier molecular flexibility index (Phi) is 7.74. The predicted molar refractivity (Wildman–Crippen MR) is 136 cm³/mol. The zero-order chi connectivity index (χ0) is 28.9. The number of ether oxygens (including phenoxy) is 4. The summed E-state index contributed by atoms with van der Waals surface area (Å²) in [6.07, 6.45) is -12.8. The van der Waals surface area contributed by atoms with Crippen molar-refractivity contribution in [2.45, 2.75) is 75.3 Å². The van der Waals surface area contributed by atoms with E-state index in [1.165, 1.54) is 56.5 Å². The van der Waals surface area contributed by atoms with Gasteiger partial charge in [-0.25, -0.2) is 0 Å². The summed E-state index contributed by atoms with van der Waals surface area (Å²) in [6.45, 7) is 2.95. The highest BCUT2D eigenvalue weighted by Crippen LogP contribution is 2.35. The van der Waals surface area contributed by atoms with Crippen LogP contribution in [0.5, 0.6) is 17.2 Å². The van der Waals surface area contributed by atoms with Crippen molar-refractivity contribution in [3.8, 4) is 28.4 Å². The molecule has 2 saturated heterocycles. The van der Waals surface area contributed by atoms with Crippen molar-refractivity contribution in [1.82, 2.24) is 0 Å². The number of hydrogen-bond acceptors (Lipinski definition) is 13. The molecule has 13 nitrogen and oxygen atoms in total. The maximum Gasteiger partial charge on any atom is 0.229 e. The average molecular weight is 563 g/mol. The van der Waals surface area contributed by atoms with Crippen LogP contribution in [0.1, 0.15) is 13.8 Å². The highest BCUT2D eigenvalue weighted by Gasteiger charge is 2.44. The van der Waals surface area contributed by atoms with Gasteiger partial charge in [0.25, 0.3) is 0 Å². The summed E-state index contributed by atoms with van der Waals surface area (Å²) >= 11 is 0. The molecule has 0 spiro atoms. The molecule has 3 heterocycles. The molecule has 216 valence electrons. The van der Waals surface area contributed by atoms with Crippen LogP contribution < -0.4 is 14.9 Å². The van der Waals surface area contributed by atoms with Gasteiger partial charge in [0.15, 0.2) is 0 Å². The Morgan fingerprint density at radius 3 is 1.85 bits per heavy atom. The van der Waals surface area contributed by atoms with Crippen LogP contribution in [0.3, 0.4) is 0 Å². The quantitative estimate of drug-likeness (QED) is 0.211. The van der Waals surface area contributed by atoms with E-state index in [9.17, 15) is 40.5 Å². The van der Waals surface area contributed by atoms with Crippen LogP contribution in [-0.2, 0) is 9.47 Å². The van der Waals surface area contributed by atoms with Gasteiger partial charge in [0.2, 0.25) is 18.0 Å². The lowest BCUT2D eigenvalue weighted by atomic mass is 10.00. The van der Waals surface area contributed by atoms with Crippen molar-refractivity contribution < 1.29 is 59.1 Å². The van der Waals surface area contributed by atoms with Gasteiger partial charge in [-0.2, -0.15) is 0 Å². The van der Waals surface area contributed by atoms with Gasteiger partial charge in [-0.3, -0.25) is 4.79 Å². The van der Waals surface area contributed by atoms with Gasteiger partial charge in [0, 0.05) is 12.1 Å². The molecule has 0 saturated carbocycles. The number of aliphatic hydroxyl groups is 6. The summed E-state index contributed by atoms with van der Waals surface area (Å²) in [6, 6.07) is 8.39. The molecular formula is C27H30O13.